The Morgan fingerprint density at radius 2 is 2.33 bits per heavy atom. The predicted octanol–water partition coefficient (Wildman–Crippen LogP) is 1.45. The van der Waals surface area contributed by atoms with Crippen LogP contribution in [0.3, 0.4) is 0 Å². The van der Waals surface area contributed by atoms with Crippen LogP contribution in [0, 0.1) is 0 Å². The van der Waals surface area contributed by atoms with Crippen LogP contribution in [0.1, 0.15) is 37.9 Å². The number of hydrogen-bond acceptors (Lipinski definition) is 3. The minimum absolute atomic E-state index is 0.0324. The first kappa shape index (κ1) is 15.3. The second-order valence-electron chi connectivity index (χ2n) is 5.31. The van der Waals surface area contributed by atoms with Crippen molar-refractivity contribution in [2.45, 2.75) is 38.3 Å². The van der Waals surface area contributed by atoms with Gasteiger partial charge in [-0.25, -0.2) is 4.79 Å². The largest absolute Gasteiger partial charge is 0.344 e. The molecule has 0 spiro atoms. The van der Waals surface area contributed by atoms with E-state index in [9.17, 15) is 9.59 Å². The van der Waals surface area contributed by atoms with E-state index in [2.05, 4.69) is 22.5 Å². The van der Waals surface area contributed by atoms with Crippen LogP contribution in [0.25, 0.3) is 0 Å². The molecule has 0 bridgehead atoms. The number of pyridine rings is 1. The highest BCUT2D eigenvalue weighted by Crippen LogP contribution is 2.16. The molecule has 1 aromatic rings. The van der Waals surface area contributed by atoms with Gasteiger partial charge in [0.2, 0.25) is 5.91 Å². The number of nitrogens with zero attached hydrogens (tertiary/aromatic N) is 2. The van der Waals surface area contributed by atoms with Gasteiger partial charge in [-0.15, -0.1) is 0 Å². The molecule has 0 unspecified atom stereocenters. The maximum Gasteiger partial charge on any atom is 0.315 e. The molecule has 6 heteroatoms. The number of rotatable bonds is 5. The minimum atomic E-state index is -0.416. The molecule has 0 radical (unpaired) electrons. The number of carbonyl (C=O) groups excluding carboxylic acids is 2. The number of amides is 3. The van der Waals surface area contributed by atoms with Gasteiger partial charge in [-0.1, -0.05) is 19.4 Å². The average Bonchev–Trinajstić information content (AvgIpc) is 2.80. The maximum atomic E-state index is 12.1. The number of carbonyl (C=O) groups is 2. The lowest BCUT2D eigenvalue weighted by atomic mass is 10.1. The Bertz CT molecular complexity index is 492. The molecule has 6 nitrogen and oxygen atoms in total. The summed E-state index contributed by atoms with van der Waals surface area (Å²) in [7, 11) is 1.75. The van der Waals surface area contributed by atoms with Crippen molar-refractivity contribution in [1.82, 2.24) is 20.5 Å². The summed E-state index contributed by atoms with van der Waals surface area (Å²) in [4.78, 5) is 29.8. The zero-order valence-corrected chi connectivity index (χ0v) is 12.5. The molecule has 1 saturated heterocycles. The SMILES string of the molecule is CCC[C@H](NC(=O)N[C@@H]1CCN(C)C1=O)c1ccccn1. The number of likely N-dealkylation sites (tertiary alicyclic amines) is 1. The Hall–Kier alpha value is -2.11. The highest BCUT2D eigenvalue weighted by atomic mass is 16.2. The minimum Gasteiger partial charge on any atom is -0.344 e. The summed E-state index contributed by atoms with van der Waals surface area (Å²) in [5.41, 5.74) is 0.837. The summed E-state index contributed by atoms with van der Waals surface area (Å²) < 4.78 is 0. The predicted molar refractivity (Wildman–Crippen MR) is 79.6 cm³/mol. The van der Waals surface area contributed by atoms with Gasteiger partial charge in [0.05, 0.1) is 11.7 Å². The molecule has 0 aromatic carbocycles. The van der Waals surface area contributed by atoms with Crippen molar-refractivity contribution >= 4 is 11.9 Å². The van der Waals surface area contributed by atoms with Crippen LogP contribution < -0.4 is 10.6 Å². The molecule has 2 N–H and O–H groups in total. The van der Waals surface area contributed by atoms with E-state index in [-0.39, 0.29) is 18.0 Å². The number of urea groups is 1. The summed E-state index contributed by atoms with van der Waals surface area (Å²) in [6, 6.07) is 4.79. The first-order valence-electron chi connectivity index (χ1n) is 7.34. The quantitative estimate of drug-likeness (QED) is 0.862. The summed E-state index contributed by atoms with van der Waals surface area (Å²) >= 11 is 0. The first-order valence-corrected chi connectivity index (χ1v) is 7.34. The van der Waals surface area contributed by atoms with Gasteiger partial charge in [0.1, 0.15) is 6.04 Å². The second kappa shape index (κ2) is 7.06. The Kier molecular flexibility index (Phi) is 5.14. The van der Waals surface area contributed by atoms with Gasteiger partial charge >= 0.3 is 6.03 Å². The van der Waals surface area contributed by atoms with Crippen molar-refractivity contribution in [3.05, 3.63) is 30.1 Å². The summed E-state index contributed by atoms with van der Waals surface area (Å²) in [6.45, 7) is 2.74. The van der Waals surface area contributed by atoms with Gasteiger partial charge in [0.15, 0.2) is 0 Å². The Balaban J connectivity index is 1.94. The van der Waals surface area contributed by atoms with E-state index in [0.29, 0.717) is 13.0 Å². The molecular weight excluding hydrogens is 268 g/mol. The van der Waals surface area contributed by atoms with E-state index in [1.165, 1.54) is 0 Å². The van der Waals surface area contributed by atoms with Gasteiger partial charge in [-0.2, -0.15) is 0 Å². The molecule has 0 saturated carbocycles. The zero-order valence-electron chi connectivity index (χ0n) is 12.5. The van der Waals surface area contributed by atoms with Crippen molar-refractivity contribution in [3.63, 3.8) is 0 Å². The fraction of sp³-hybridized carbons (Fsp3) is 0.533. The van der Waals surface area contributed by atoms with Crippen LogP contribution in [0.5, 0.6) is 0 Å². The van der Waals surface area contributed by atoms with E-state index >= 15 is 0 Å². The van der Waals surface area contributed by atoms with E-state index < -0.39 is 6.04 Å². The summed E-state index contributed by atoms with van der Waals surface area (Å²) in [6.07, 6.45) is 4.12. The van der Waals surface area contributed by atoms with E-state index in [1.807, 2.05) is 18.2 Å². The van der Waals surface area contributed by atoms with Gasteiger partial charge in [0.25, 0.3) is 0 Å². The summed E-state index contributed by atoms with van der Waals surface area (Å²) in [5.74, 6) is -0.0324. The summed E-state index contributed by atoms with van der Waals surface area (Å²) in [5, 5.41) is 5.66. The molecule has 1 fully saturated rings. The molecule has 21 heavy (non-hydrogen) atoms. The lowest BCUT2D eigenvalue weighted by molar-refractivity contribution is -0.128. The molecule has 2 atom stereocenters. The molecule has 1 aliphatic heterocycles. The number of hydrogen-bond donors (Lipinski definition) is 2. The highest BCUT2D eigenvalue weighted by Gasteiger charge is 2.30. The van der Waals surface area contributed by atoms with Crippen LogP contribution in [0.2, 0.25) is 0 Å². The monoisotopic (exact) mass is 290 g/mol. The van der Waals surface area contributed by atoms with Crippen LogP contribution >= 0.6 is 0 Å². The third-order valence-electron chi connectivity index (χ3n) is 3.66. The molecular formula is C15H22N4O2. The fourth-order valence-corrected chi connectivity index (χ4v) is 2.48. The van der Waals surface area contributed by atoms with Crippen molar-refractivity contribution in [3.8, 4) is 0 Å². The van der Waals surface area contributed by atoms with Gasteiger partial charge in [-0.3, -0.25) is 9.78 Å². The molecule has 3 amide bonds. The highest BCUT2D eigenvalue weighted by molar-refractivity contribution is 5.88. The molecule has 114 valence electrons. The van der Waals surface area contributed by atoms with Crippen LogP contribution in [-0.2, 0) is 4.79 Å². The molecule has 2 rings (SSSR count). The van der Waals surface area contributed by atoms with Crippen molar-refractivity contribution in [2.24, 2.45) is 0 Å². The second-order valence-corrected chi connectivity index (χ2v) is 5.31. The van der Waals surface area contributed by atoms with Crippen molar-refractivity contribution in [2.75, 3.05) is 13.6 Å². The topological polar surface area (TPSA) is 74.3 Å². The van der Waals surface area contributed by atoms with Gasteiger partial charge in [0, 0.05) is 19.8 Å². The van der Waals surface area contributed by atoms with E-state index in [1.54, 1.807) is 18.1 Å². The molecule has 2 heterocycles. The van der Waals surface area contributed by atoms with Crippen molar-refractivity contribution < 1.29 is 9.59 Å². The maximum absolute atomic E-state index is 12.1. The molecule has 0 aliphatic carbocycles. The van der Waals surface area contributed by atoms with Gasteiger partial charge < -0.3 is 15.5 Å². The van der Waals surface area contributed by atoms with E-state index in [0.717, 1.165) is 18.5 Å². The van der Waals surface area contributed by atoms with Crippen LogP contribution in [0.4, 0.5) is 4.79 Å². The number of nitrogens with one attached hydrogen (secondary N) is 2. The van der Waals surface area contributed by atoms with Crippen molar-refractivity contribution in [1.29, 1.82) is 0 Å². The lowest BCUT2D eigenvalue weighted by Gasteiger charge is -2.19. The normalized spacial score (nSPS) is 19.4. The third-order valence-corrected chi connectivity index (χ3v) is 3.66. The molecule has 1 aromatic heterocycles. The average molecular weight is 290 g/mol. The zero-order chi connectivity index (χ0) is 15.2. The van der Waals surface area contributed by atoms with E-state index in [4.69, 9.17) is 0 Å². The smallest absolute Gasteiger partial charge is 0.315 e. The van der Waals surface area contributed by atoms with Gasteiger partial charge in [-0.05, 0) is 25.0 Å². The molecule has 1 aliphatic rings. The number of likely N-dealkylation sites (N-methyl/N-ethyl adjacent to an activating group) is 1. The van der Waals surface area contributed by atoms with Crippen LogP contribution in [0.15, 0.2) is 24.4 Å². The third kappa shape index (κ3) is 3.93. The van der Waals surface area contributed by atoms with Crippen LogP contribution in [-0.4, -0.2) is 41.5 Å². The fourth-order valence-electron chi connectivity index (χ4n) is 2.48. The standard InChI is InChI=1S/C15H22N4O2/c1-3-6-12(11-7-4-5-9-16-11)17-15(21)18-13-8-10-19(2)14(13)20/h4-5,7,9,12-13H,3,6,8,10H2,1-2H3,(H2,17,18,21)/t12-,13+/m0/s1. The lowest BCUT2D eigenvalue weighted by Crippen LogP contribution is -2.46. The Morgan fingerprint density at radius 3 is 2.90 bits per heavy atom. The number of aromatic nitrogens is 1. The first-order chi connectivity index (χ1) is 10.1. The Labute approximate surface area is 124 Å². The Morgan fingerprint density at radius 1 is 1.52 bits per heavy atom.